The van der Waals surface area contributed by atoms with Gasteiger partial charge in [-0.3, -0.25) is 9.47 Å². The smallest absolute Gasteiger partial charge is 0.304 e. The lowest BCUT2D eigenvalue weighted by Gasteiger charge is -2.36. The fourth-order valence-corrected chi connectivity index (χ4v) is 9.36. The number of hydrogen-bond donors (Lipinski definition) is 1. The Labute approximate surface area is 339 Å². The molecule has 0 bridgehead atoms. The molecule has 0 spiro atoms. The van der Waals surface area contributed by atoms with E-state index < -0.39 is 5.92 Å². The van der Waals surface area contributed by atoms with Crippen LogP contribution in [0.4, 0.5) is 26.0 Å². The van der Waals surface area contributed by atoms with Crippen molar-refractivity contribution in [3.8, 4) is 39.3 Å². The summed E-state index contributed by atoms with van der Waals surface area (Å²) in [7, 11) is 0. The zero-order valence-electron chi connectivity index (χ0n) is 32.6. The molecule has 0 radical (unpaired) electrons. The maximum atomic E-state index is 16.0. The van der Waals surface area contributed by atoms with Crippen LogP contribution in [0.25, 0.3) is 72.2 Å². The average Bonchev–Trinajstić information content (AvgIpc) is 3.83. The zero-order valence-corrected chi connectivity index (χ0v) is 32.6. The maximum absolute atomic E-state index is 16.0. The molecule has 7 aromatic carbocycles. The number of anilines is 3. The molecule has 59 heavy (non-hydrogen) atoms. The minimum atomic E-state index is -3.19. The van der Waals surface area contributed by atoms with E-state index in [2.05, 4.69) is 138 Å². The lowest BCUT2D eigenvalue weighted by molar-refractivity contribution is 0.0421. The molecule has 11 rings (SSSR count). The van der Waals surface area contributed by atoms with E-state index in [1.807, 2.05) is 23.1 Å². The van der Waals surface area contributed by atoms with Crippen LogP contribution in [0, 0.1) is 20.8 Å². The molecule has 0 saturated carbocycles. The second-order valence-corrected chi connectivity index (χ2v) is 15.5. The van der Waals surface area contributed by atoms with Gasteiger partial charge in [0.1, 0.15) is 11.6 Å². The van der Waals surface area contributed by atoms with Crippen LogP contribution in [-0.4, -0.2) is 19.5 Å². The van der Waals surface area contributed by atoms with Gasteiger partial charge in [0.05, 0.1) is 27.8 Å². The van der Waals surface area contributed by atoms with Crippen LogP contribution < -0.4 is 4.90 Å². The van der Waals surface area contributed by atoms with Gasteiger partial charge in [-0.15, -0.1) is 0 Å². The Morgan fingerprint density at radius 3 is 2.14 bits per heavy atom. The van der Waals surface area contributed by atoms with Crippen molar-refractivity contribution in [3.63, 3.8) is 0 Å². The number of fused-ring (bicyclic) bond motifs is 6. The molecule has 5 nitrogen and oxygen atoms in total. The van der Waals surface area contributed by atoms with E-state index in [-0.39, 0.29) is 16.9 Å². The molecule has 1 aliphatic rings. The van der Waals surface area contributed by atoms with E-state index in [0.717, 1.165) is 72.3 Å². The summed E-state index contributed by atoms with van der Waals surface area (Å²) in [4.78, 5) is 15.6. The number of halogens is 2. The van der Waals surface area contributed by atoms with Gasteiger partial charge in [0.15, 0.2) is 0 Å². The molecule has 1 N–H and O–H groups in total. The monoisotopic (exact) mass is 769 g/mol. The van der Waals surface area contributed by atoms with Gasteiger partial charge in [-0.1, -0.05) is 103 Å². The number of pyridine rings is 1. The van der Waals surface area contributed by atoms with Crippen LogP contribution in [0.5, 0.6) is 0 Å². The predicted molar refractivity (Wildman–Crippen MR) is 236 cm³/mol. The molecule has 0 saturated heterocycles. The van der Waals surface area contributed by atoms with Gasteiger partial charge in [-0.2, -0.15) is 8.78 Å². The maximum Gasteiger partial charge on any atom is 0.304 e. The Hall–Kier alpha value is -7.38. The molecule has 0 atom stereocenters. The molecule has 0 aliphatic carbocycles. The van der Waals surface area contributed by atoms with E-state index in [1.165, 1.54) is 34.4 Å². The van der Waals surface area contributed by atoms with Crippen LogP contribution in [0.15, 0.2) is 164 Å². The largest absolute Gasteiger partial charge is 0.354 e. The number of para-hydroxylation sites is 4. The van der Waals surface area contributed by atoms with Crippen LogP contribution in [0.2, 0.25) is 0 Å². The fraction of sp³-hybridized carbons (Fsp3) is 0.0769. The van der Waals surface area contributed by atoms with Crippen LogP contribution in [-0.2, 0) is 5.92 Å². The Morgan fingerprint density at radius 2 is 1.27 bits per heavy atom. The SMILES string of the molecule is Cc1cc(C)c(-c2cccc(-n3c(-c4cccc5c4[nH]c4ccccc45)nc4c(-c5cccc(N6c7ccccc7C(F)(F)c7cccnc76)c5)cccc43)c2)c(C)c1. The van der Waals surface area contributed by atoms with Crippen molar-refractivity contribution in [2.24, 2.45) is 0 Å². The van der Waals surface area contributed by atoms with Gasteiger partial charge in [0.2, 0.25) is 0 Å². The van der Waals surface area contributed by atoms with E-state index in [1.54, 1.807) is 30.5 Å². The van der Waals surface area contributed by atoms with Gasteiger partial charge in [0.25, 0.3) is 0 Å². The third-order valence-electron chi connectivity index (χ3n) is 11.8. The number of aromatic nitrogens is 4. The molecule has 284 valence electrons. The van der Waals surface area contributed by atoms with Crippen LogP contribution in [0.3, 0.4) is 0 Å². The first kappa shape index (κ1) is 34.8. The van der Waals surface area contributed by atoms with E-state index in [0.29, 0.717) is 5.69 Å². The normalized spacial score (nSPS) is 13.3. The first-order chi connectivity index (χ1) is 28.8. The number of H-pyrrole nitrogens is 1. The zero-order chi connectivity index (χ0) is 40.0. The molecule has 0 fully saturated rings. The second kappa shape index (κ2) is 13.1. The summed E-state index contributed by atoms with van der Waals surface area (Å²) in [6, 6.07) is 52.0. The lowest BCUT2D eigenvalue weighted by atomic mass is 9.93. The fourth-order valence-electron chi connectivity index (χ4n) is 9.36. The number of hydrogen-bond acceptors (Lipinski definition) is 3. The number of benzene rings is 7. The number of aromatic amines is 1. The highest BCUT2D eigenvalue weighted by Gasteiger charge is 2.45. The highest BCUT2D eigenvalue weighted by molar-refractivity contribution is 6.12. The summed E-state index contributed by atoms with van der Waals surface area (Å²) >= 11 is 0. The summed E-state index contributed by atoms with van der Waals surface area (Å²) in [5.74, 6) is -2.17. The average molecular weight is 770 g/mol. The lowest BCUT2D eigenvalue weighted by Crippen LogP contribution is -2.29. The summed E-state index contributed by atoms with van der Waals surface area (Å²) in [5.41, 5.74) is 14.7. The molecule has 1 aliphatic heterocycles. The Morgan fingerprint density at radius 1 is 0.593 bits per heavy atom. The van der Waals surface area contributed by atoms with Crippen molar-refractivity contribution in [3.05, 3.63) is 192 Å². The van der Waals surface area contributed by atoms with Crippen LogP contribution in [0.1, 0.15) is 27.8 Å². The van der Waals surface area contributed by atoms with Crippen molar-refractivity contribution >= 4 is 50.0 Å². The standard InChI is InChI=1S/C52H37F2N5/c1-31-27-32(2)47(33(3)28-31)35-14-9-16-37(30-35)59-46-25-11-18-38(49(46)57-50(59)41-20-10-19-40-39-17-4-6-23-44(39)56-48(40)41)34-13-8-15-36(29-34)58-45-24-7-5-21-42(45)52(53,54)43-22-12-26-55-51(43)58/h4-30,56H,1-3H3. The molecule has 4 heterocycles. The van der Waals surface area contributed by atoms with Crippen LogP contribution >= 0.6 is 0 Å². The molecule has 7 heteroatoms. The number of nitrogens with zero attached hydrogens (tertiary/aromatic N) is 4. The van der Waals surface area contributed by atoms with Gasteiger partial charge >= 0.3 is 5.92 Å². The van der Waals surface area contributed by atoms with Gasteiger partial charge in [0, 0.05) is 50.6 Å². The number of aryl methyl sites for hydroxylation is 3. The van der Waals surface area contributed by atoms with E-state index >= 15 is 8.78 Å². The topological polar surface area (TPSA) is 49.7 Å². The molecule has 10 aromatic rings. The van der Waals surface area contributed by atoms with E-state index in [4.69, 9.17) is 4.98 Å². The third kappa shape index (κ3) is 5.35. The minimum Gasteiger partial charge on any atom is -0.354 e. The quantitative estimate of drug-likeness (QED) is 0.190. The number of alkyl halides is 2. The van der Waals surface area contributed by atoms with Crippen molar-refractivity contribution in [2.75, 3.05) is 4.90 Å². The molecular weight excluding hydrogens is 733 g/mol. The van der Waals surface area contributed by atoms with Crippen molar-refractivity contribution in [2.45, 2.75) is 26.7 Å². The van der Waals surface area contributed by atoms with Crippen molar-refractivity contribution in [1.82, 2.24) is 19.5 Å². The molecule has 0 unspecified atom stereocenters. The summed E-state index contributed by atoms with van der Waals surface area (Å²) in [6.45, 7) is 6.50. The summed E-state index contributed by atoms with van der Waals surface area (Å²) < 4.78 is 34.2. The highest BCUT2D eigenvalue weighted by Crippen LogP contribution is 2.53. The Kier molecular flexibility index (Phi) is 7.72. The number of imidazole rings is 1. The number of rotatable bonds is 5. The predicted octanol–water partition coefficient (Wildman–Crippen LogP) is 13.9. The molecule has 0 amide bonds. The summed E-state index contributed by atoms with van der Waals surface area (Å²) in [5, 5.41) is 2.29. The highest BCUT2D eigenvalue weighted by atomic mass is 19.3. The second-order valence-electron chi connectivity index (χ2n) is 15.5. The van der Waals surface area contributed by atoms with Gasteiger partial charge < -0.3 is 4.98 Å². The van der Waals surface area contributed by atoms with Crippen molar-refractivity contribution in [1.29, 1.82) is 0 Å². The number of nitrogens with one attached hydrogen (secondary N) is 1. The molecule has 3 aromatic heterocycles. The van der Waals surface area contributed by atoms with E-state index in [9.17, 15) is 0 Å². The first-order valence-electron chi connectivity index (χ1n) is 19.8. The summed E-state index contributed by atoms with van der Waals surface area (Å²) in [6.07, 6.45) is 1.57. The van der Waals surface area contributed by atoms with Crippen molar-refractivity contribution < 1.29 is 8.78 Å². The minimum absolute atomic E-state index is 0.0548. The van der Waals surface area contributed by atoms with Gasteiger partial charge in [-0.25, -0.2) is 9.97 Å². The first-order valence-corrected chi connectivity index (χ1v) is 19.8. The van der Waals surface area contributed by atoms with Gasteiger partial charge in [-0.05, 0) is 109 Å². The Balaban J connectivity index is 1.14. The Bertz CT molecular complexity index is 3250. The molecular formula is C52H37F2N5. The third-order valence-corrected chi connectivity index (χ3v) is 11.8.